The molecule has 23 heavy (non-hydrogen) atoms. The van der Waals surface area contributed by atoms with E-state index in [-0.39, 0.29) is 18.0 Å². The minimum absolute atomic E-state index is 0.0333. The molecular weight excluding hydrogens is 305 g/mol. The first-order valence-electron chi connectivity index (χ1n) is 7.69. The topological polar surface area (TPSA) is 18.5 Å². The number of hydrogen-bond donors (Lipinski definition) is 0. The van der Waals surface area contributed by atoms with Crippen molar-refractivity contribution in [1.29, 1.82) is 0 Å². The Labute approximate surface area is 133 Å². The number of alkyl halides is 3. The van der Waals surface area contributed by atoms with Gasteiger partial charge in [-0.2, -0.15) is 0 Å². The maximum absolute atomic E-state index is 12.2. The van der Waals surface area contributed by atoms with Gasteiger partial charge >= 0.3 is 6.36 Å². The van der Waals surface area contributed by atoms with Gasteiger partial charge in [-0.1, -0.05) is 42.9 Å². The summed E-state index contributed by atoms with van der Waals surface area (Å²) < 4.78 is 46.7. The third-order valence-corrected chi connectivity index (χ3v) is 4.35. The average molecular weight is 324 g/mol. The zero-order valence-electron chi connectivity index (χ0n) is 13.0. The molecule has 0 aromatic heterocycles. The molecule has 3 rings (SSSR count). The molecular formula is C18H19F3O2. The number of hydrogen-bond acceptors (Lipinski definition) is 2. The summed E-state index contributed by atoms with van der Waals surface area (Å²) in [5, 5.41) is 0. The van der Waals surface area contributed by atoms with Gasteiger partial charge < -0.3 is 9.47 Å². The lowest BCUT2D eigenvalue weighted by molar-refractivity contribution is -0.274. The fourth-order valence-electron chi connectivity index (χ4n) is 3.35. The van der Waals surface area contributed by atoms with E-state index in [4.69, 9.17) is 4.74 Å². The first-order valence-corrected chi connectivity index (χ1v) is 7.69. The molecule has 1 heterocycles. The fourth-order valence-corrected chi connectivity index (χ4v) is 3.35. The van der Waals surface area contributed by atoms with Gasteiger partial charge in [0, 0.05) is 5.92 Å². The zero-order chi connectivity index (χ0) is 16.6. The summed E-state index contributed by atoms with van der Waals surface area (Å²) in [5.41, 5.74) is 2.12. The second kappa shape index (κ2) is 6.04. The Hall–Kier alpha value is -1.75. The van der Waals surface area contributed by atoms with E-state index < -0.39 is 6.36 Å². The van der Waals surface area contributed by atoms with Crippen molar-refractivity contribution in [2.24, 2.45) is 11.8 Å². The smallest absolute Gasteiger partial charge is 0.406 e. The van der Waals surface area contributed by atoms with Crippen LogP contribution in [0.5, 0.6) is 5.75 Å². The monoisotopic (exact) mass is 324 g/mol. The molecule has 0 bridgehead atoms. The number of halogens is 3. The number of rotatable bonds is 2. The third-order valence-electron chi connectivity index (χ3n) is 4.35. The van der Waals surface area contributed by atoms with Crippen molar-refractivity contribution in [3.8, 4) is 5.75 Å². The second-order valence-electron chi connectivity index (χ2n) is 6.28. The Bertz CT molecular complexity index is 616. The van der Waals surface area contributed by atoms with Crippen molar-refractivity contribution in [3.05, 3.63) is 53.6 Å². The van der Waals surface area contributed by atoms with Crippen LogP contribution < -0.4 is 4.74 Å². The van der Waals surface area contributed by atoms with E-state index >= 15 is 0 Å². The SMILES string of the molecule is CC1=CC2CC(C)C(c3ccc(OC(F)(F)F)cc3)OC2C=C1. The van der Waals surface area contributed by atoms with E-state index in [1.807, 2.05) is 0 Å². The number of fused-ring (bicyclic) bond motifs is 1. The van der Waals surface area contributed by atoms with Crippen molar-refractivity contribution < 1.29 is 22.6 Å². The van der Waals surface area contributed by atoms with Crippen molar-refractivity contribution in [2.45, 2.75) is 38.8 Å². The molecule has 0 amide bonds. The van der Waals surface area contributed by atoms with Crippen LogP contribution in [0.4, 0.5) is 13.2 Å². The lowest BCUT2D eigenvalue weighted by Crippen LogP contribution is -2.35. The molecule has 5 heteroatoms. The summed E-state index contributed by atoms with van der Waals surface area (Å²) in [5.74, 6) is 0.457. The van der Waals surface area contributed by atoms with Crippen molar-refractivity contribution in [3.63, 3.8) is 0 Å². The number of benzene rings is 1. The zero-order valence-corrected chi connectivity index (χ0v) is 13.0. The second-order valence-corrected chi connectivity index (χ2v) is 6.28. The van der Waals surface area contributed by atoms with Crippen molar-refractivity contribution in [2.75, 3.05) is 0 Å². The Balaban J connectivity index is 1.73. The van der Waals surface area contributed by atoms with Gasteiger partial charge in [0.05, 0.1) is 12.2 Å². The minimum atomic E-state index is -4.67. The summed E-state index contributed by atoms with van der Waals surface area (Å²) in [6.45, 7) is 4.19. The van der Waals surface area contributed by atoms with Gasteiger partial charge in [-0.3, -0.25) is 0 Å². The standard InChI is InChI=1S/C18H19F3O2/c1-11-3-8-16-14(9-11)10-12(2)17(22-16)13-4-6-15(7-5-13)23-18(19,20)21/h3-9,12,14,16-17H,10H2,1-2H3. The van der Waals surface area contributed by atoms with Gasteiger partial charge in [0.15, 0.2) is 0 Å². The molecule has 1 aliphatic carbocycles. The first-order chi connectivity index (χ1) is 10.8. The summed E-state index contributed by atoms with van der Waals surface area (Å²) in [4.78, 5) is 0. The molecule has 2 aliphatic rings. The van der Waals surface area contributed by atoms with E-state index in [1.54, 1.807) is 12.1 Å². The normalized spacial score (nSPS) is 30.6. The predicted molar refractivity (Wildman–Crippen MR) is 80.9 cm³/mol. The predicted octanol–water partition coefficient (Wildman–Crippen LogP) is 5.18. The third kappa shape index (κ3) is 3.78. The van der Waals surface area contributed by atoms with Crippen molar-refractivity contribution in [1.82, 2.24) is 0 Å². The van der Waals surface area contributed by atoms with Crippen LogP contribution in [-0.4, -0.2) is 12.5 Å². The quantitative estimate of drug-likeness (QED) is 0.746. The highest BCUT2D eigenvalue weighted by Crippen LogP contribution is 2.42. The average Bonchev–Trinajstić information content (AvgIpc) is 2.46. The summed E-state index contributed by atoms with van der Waals surface area (Å²) in [6.07, 6.45) is 2.60. The maximum atomic E-state index is 12.2. The van der Waals surface area contributed by atoms with E-state index in [0.717, 1.165) is 12.0 Å². The summed E-state index contributed by atoms with van der Waals surface area (Å²) in [6, 6.07) is 5.98. The lowest BCUT2D eigenvalue weighted by atomic mass is 9.80. The molecule has 1 saturated heterocycles. The van der Waals surface area contributed by atoms with Gasteiger partial charge in [-0.05, 0) is 37.0 Å². The minimum Gasteiger partial charge on any atom is -0.406 e. The van der Waals surface area contributed by atoms with E-state index in [9.17, 15) is 13.2 Å². The lowest BCUT2D eigenvalue weighted by Gasteiger charge is -2.40. The van der Waals surface area contributed by atoms with E-state index in [2.05, 4.69) is 36.8 Å². The highest BCUT2D eigenvalue weighted by Gasteiger charge is 2.36. The Morgan fingerprint density at radius 1 is 1.17 bits per heavy atom. The Morgan fingerprint density at radius 2 is 1.87 bits per heavy atom. The fraction of sp³-hybridized carbons (Fsp3) is 0.444. The van der Waals surface area contributed by atoms with Gasteiger partial charge in [0.25, 0.3) is 0 Å². The molecule has 0 N–H and O–H groups in total. The highest BCUT2D eigenvalue weighted by atomic mass is 19.4. The molecule has 4 unspecified atom stereocenters. The van der Waals surface area contributed by atoms with Crippen LogP contribution in [-0.2, 0) is 4.74 Å². The molecule has 4 atom stereocenters. The van der Waals surface area contributed by atoms with Crippen LogP contribution in [0.1, 0.15) is 31.9 Å². The molecule has 0 radical (unpaired) electrons. The van der Waals surface area contributed by atoms with E-state index in [1.165, 1.54) is 17.7 Å². The maximum Gasteiger partial charge on any atom is 0.573 e. The summed E-state index contributed by atoms with van der Waals surface area (Å²) >= 11 is 0. The highest BCUT2D eigenvalue weighted by molar-refractivity contribution is 5.31. The molecule has 0 spiro atoms. The van der Waals surface area contributed by atoms with Gasteiger partial charge in [0.2, 0.25) is 0 Å². The molecule has 2 nitrogen and oxygen atoms in total. The largest absolute Gasteiger partial charge is 0.573 e. The van der Waals surface area contributed by atoms with Gasteiger partial charge in [-0.25, -0.2) is 0 Å². The Kier molecular flexibility index (Phi) is 4.23. The number of allylic oxidation sites excluding steroid dienone is 2. The Morgan fingerprint density at radius 3 is 2.52 bits per heavy atom. The molecule has 124 valence electrons. The molecule has 1 aromatic rings. The first kappa shape index (κ1) is 16.1. The molecule has 1 aromatic carbocycles. The van der Waals surface area contributed by atoms with Crippen LogP contribution >= 0.6 is 0 Å². The molecule has 1 fully saturated rings. The van der Waals surface area contributed by atoms with Gasteiger partial charge in [0.1, 0.15) is 5.75 Å². The van der Waals surface area contributed by atoms with Crippen LogP contribution in [0.15, 0.2) is 48.1 Å². The van der Waals surface area contributed by atoms with Gasteiger partial charge in [-0.15, -0.1) is 13.2 Å². The van der Waals surface area contributed by atoms with Crippen LogP contribution in [0.2, 0.25) is 0 Å². The van der Waals surface area contributed by atoms with Crippen LogP contribution in [0, 0.1) is 11.8 Å². The van der Waals surface area contributed by atoms with E-state index in [0.29, 0.717) is 11.8 Å². The van der Waals surface area contributed by atoms with Crippen LogP contribution in [0.3, 0.4) is 0 Å². The van der Waals surface area contributed by atoms with Crippen molar-refractivity contribution >= 4 is 0 Å². The molecule has 0 saturated carbocycles. The van der Waals surface area contributed by atoms with Crippen LogP contribution in [0.25, 0.3) is 0 Å². The number of ether oxygens (including phenoxy) is 2. The molecule has 1 aliphatic heterocycles. The summed E-state index contributed by atoms with van der Waals surface area (Å²) in [7, 11) is 0.